The number of hydrogen-bond acceptors (Lipinski definition) is 3. The van der Waals surface area contributed by atoms with Crippen LogP contribution in [0, 0.1) is 11.3 Å². The van der Waals surface area contributed by atoms with Gasteiger partial charge in [0.15, 0.2) is 0 Å². The Morgan fingerprint density at radius 3 is 2.52 bits per heavy atom. The van der Waals surface area contributed by atoms with Gasteiger partial charge >= 0.3 is 0 Å². The Balaban J connectivity index is 1.93. The van der Waals surface area contributed by atoms with Crippen LogP contribution in [-0.2, 0) is 13.0 Å². The molecule has 0 fully saturated rings. The summed E-state index contributed by atoms with van der Waals surface area (Å²) in [4.78, 5) is 0. The molecule has 0 saturated heterocycles. The van der Waals surface area contributed by atoms with Crippen LogP contribution < -0.4 is 9.47 Å². The first kappa shape index (κ1) is 14.9. The van der Waals surface area contributed by atoms with E-state index in [-0.39, 0.29) is 0 Å². The van der Waals surface area contributed by atoms with Gasteiger partial charge in [-0.3, -0.25) is 0 Å². The van der Waals surface area contributed by atoms with Crippen molar-refractivity contribution in [1.29, 1.82) is 5.26 Å². The lowest BCUT2D eigenvalue weighted by Crippen LogP contribution is -1.97. The summed E-state index contributed by atoms with van der Waals surface area (Å²) < 4.78 is 11.2. The second-order valence-corrected chi connectivity index (χ2v) is 5.28. The van der Waals surface area contributed by atoms with Gasteiger partial charge in [0.25, 0.3) is 0 Å². The Hall–Kier alpha value is -2.99. The molecule has 0 amide bonds. The van der Waals surface area contributed by atoms with Crippen LogP contribution in [0.5, 0.6) is 11.5 Å². The molecule has 23 heavy (non-hydrogen) atoms. The van der Waals surface area contributed by atoms with Crippen molar-refractivity contribution in [3.8, 4) is 17.6 Å². The minimum absolute atomic E-state index is 0.339. The van der Waals surface area contributed by atoms with E-state index in [9.17, 15) is 0 Å². The molecule has 3 aromatic carbocycles. The number of rotatable bonds is 5. The number of benzene rings is 3. The monoisotopic (exact) mass is 303 g/mol. The molecule has 114 valence electrons. The fourth-order valence-corrected chi connectivity index (χ4v) is 2.57. The van der Waals surface area contributed by atoms with Gasteiger partial charge in [0.2, 0.25) is 0 Å². The molecule has 0 bridgehead atoms. The fraction of sp³-hybridized carbons (Fsp3) is 0.150. The number of methoxy groups -OCH3 is 1. The SMILES string of the molecule is COc1ccc2cc(OCc3ccccc3)cc(CC#N)c2c1. The molecule has 0 aliphatic carbocycles. The van der Waals surface area contributed by atoms with Crippen molar-refractivity contribution < 1.29 is 9.47 Å². The lowest BCUT2D eigenvalue weighted by Gasteiger charge is -2.11. The van der Waals surface area contributed by atoms with Crippen molar-refractivity contribution in [1.82, 2.24) is 0 Å². The van der Waals surface area contributed by atoms with Gasteiger partial charge in [0, 0.05) is 0 Å². The molecule has 0 spiro atoms. The molecule has 0 radical (unpaired) electrons. The number of nitriles is 1. The maximum Gasteiger partial charge on any atom is 0.120 e. The summed E-state index contributed by atoms with van der Waals surface area (Å²) >= 11 is 0. The van der Waals surface area contributed by atoms with Gasteiger partial charge in [0.05, 0.1) is 19.6 Å². The lowest BCUT2D eigenvalue weighted by atomic mass is 10.0. The van der Waals surface area contributed by atoms with Gasteiger partial charge in [-0.2, -0.15) is 5.26 Å². The van der Waals surface area contributed by atoms with Crippen molar-refractivity contribution in [3.05, 3.63) is 71.8 Å². The first-order valence-electron chi connectivity index (χ1n) is 7.44. The highest BCUT2D eigenvalue weighted by atomic mass is 16.5. The van der Waals surface area contributed by atoms with Crippen molar-refractivity contribution in [2.75, 3.05) is 7.11 Å². The van der Waals surface area contributed by atoms with Gasteiger partial charge < -0.3 is 9.47 Å². The zero-order valence-corrected chi connectivity index (χ0v) is 13.0. The molecule has 3 aromatic rings. The highest BCUT2D eigenvalue weighted by molar-refractivity contribution is 5.88. The molecule has 0 aliphatic heterocycles. The van der Waals surface area contributed by atoms with E-state index in [0.717, 1.165) is 33.4 Å². The van der Waals surface area contributed by atoms with Crippen molar-refractivity contribution >= 4 is 10.8 Å². The van der Waals surface area contributed by atoms with E-state index in [1.54, 1.807) is 7.11 Å². The summed E-state index contributed by atoms with van der Waals surface area (Å²) in [6.07, 6.45) is 0.339. The molecule has 0 heterocycles. The van der Waals surface area contributed by atoms with E-state index in [1.165, 1.54) is 0 Å². The summed E-state index contributed by atoms with van der Waals surface area (Å²) in [5.74, 6) is 1.56. The number of ether oxygens (including phenoxy) is 2. The third-order valence-corrected chi connectivity index (χ3v) is 3.74. The maximum absolute atomic E-state index is 9.08. The van der Waals surface area contributed by atoms with E-state index < -0.39 is 0 Å². The molecule has 3 nitrogen and oxygen atoms in total. The first-order valence-corrected chi connectivity index (χ1v) is 7.44. The molecule has 3 rings (SSSR count). The molecule has 0 atom stereocenters. The molecule has 3 heteroatoms. The molecule has 0 saturated carbocycles. The normalized spacial score (nSPS) is 10.3. The average Bonchev–Trinajstić information content (AvgIpc) is 2.61. The van der Waals surface area contributed by atoms with Gasteiger partial charge in [-0.1, -0.05) is 36.4 Å². The van der Waals surface area contributed by atoms with Crippen LogP contribution >= 0.6 is 0 Å². The summed E-state index contributed by atoms with van der Waals surface area (Å²) in [5, 5.41) is 11.2. The summed E-state index contributed by atoms with van der Waals surface area (Å²) in [7, 11) is 1.64. The van der Waals surface area contributed by atoms with Crippen molar-refractivity contribution in [2.45, 2.75) is 13.0 Å². The van der Waals surface area contributed by atoms with Gasteiger partial charge in [-0.05, 0) is 46.2 Å². The van der Waals surface area contributed by atoms with E-state index in [0.29, 0.717) is 13.0 Å². The Morgan fingerprint density at radius 1 is 0.957 bits per heavy atom. The summed E-state index contributed by atoms with van der Waals surface area (Å²) in [6, 6.07) is 22.1. The molecular weight excluding hydrogens is 286 g/mol. The maximum atomic E-state index is 9.08. The number of hydrogen-bond donors (Lipinski definition) is 0. The standard InChI is InChI=1S/C20H17NO2/c1-22-18-8-7-16-11-19(12-17(9-10-21)20(16)13-18)23-14-15-5-3-2-4-6-15/h2-8,11-13H,9,14H2,1H3. The largest absolute Gasteiger partial charge is 0.497 e. The van der Waals surface area contributed by atoms with Gasteiger partial charge in [-0.25, -0.2) is 0 Å². The lowest BCUT2D eigenvalue weighted by molar-refractivity contribution is 0.306. The quantitative estimate of drug-likeness (QED) is 0.697. The van der Waals surface area contributed by atoms with Crippen molar-refractivity contribution in [2.24, 2.45) is 0 Å². The Bertz CT molecular complexity index is 851. The zero-order valence-electron chi connectivity index (χ0n) is 13.0. The van der Waals surface area contributed by atoms with Crippen LogP contribution in [0.1, 0.15) is 11.1 Å². The fourth-order valence-electron chi connectivity index (χ4n) is 2.57. The minimum atomic E-state index is 0.339. The van der Waals surface area contributed by atoms with Crippen LogP contribution in [-0.4, -0.2) is 7.11 Å². The highest BCUT2D eigenvalue weighted by Crippen LogP contribution is 2.29. The van der Waals surface area contributed by atoms with Crippen LogP contribution in [0.3, 0.4) is 0 Å². The zero-order chi connectivity index (χ0) is 16.1. The third-order valence-electron chi connectivity index (χ3n) is 3.74. The van der Waals surface area contributed by atoms with Crippen molar-refractivity contribution in [3.63, 3.8) is 0 Å². The first-order chi connectivity index (χ1) is 11.3. The predicted molar refractivity (Wildman–Crippen MR) is 90.6 cm³/mol. The van der Waals surface area contributed by atoms with Crippen LogP contribution in [0.25, 0.3) is 10.8 Å². The summed E-state index contributed by atoms with van der Waals surface area (Å²) in [5.41, 5.74) is 2.07. The van der Waals surface area contributed by atoms with Gasteiger partial charge in [0.1, 0.15) is 18.1 Å². The number of fused-ring (bicyclic) bond motifs is 1. The van der Waals surface area contributed by atoms with Crippen LogP contribution in [0.2, 0.25) is 0 Å². The molecule has 0 unspecified atom stereocenters. The third kappa shape index (κ3) is 3.44. The van der Waals surface area contributed by atoms with E-state index in [2.05, 4.69) is 6.07 Å². The number of nitrogens with zero attached hydrogens (tertiary/aromatic N) is 1. The predicted octanol–water partition coefficient (Wildman–Crippen LogP) is 4.49. The topological polar surface area (TPSA) is 42.2 Å². The van der Waals surface area contributed by atoms with Crippen LogP contribution in [0.15, 0.2) is 60.7 Å². The Kier molecular flexibility index (Phi) is 4.44. The summed E-state index contributed by atoms with van der Waals surface area (Å²) in [6.45, 7) is 0.508. The van der Waals surface area contributed by atoms with E-state index in [1.807, 2.05) is 60.7 Å². The van der Waals surface area contributed by atoms with E-state index >= 15 is 0 Å². The Labute approximate surface area is 135 Å². The molecule has 0 aliphatic rings. The van der Waals surface area contributed by atoms with Gasteiger partial charge in [-0.15, -0.1) is 0 Å². The smallest absolute Gasteiger partial charge is 0.120 e. The molecule has 0 aromatic heterocycles. The molecular formula is C20H17NO2. The second-order valence-electron chi connectivity index (χ2n) is 5.28. The Morgan fingerprint density at radius 2 is 1.78 bits per heavy atom. The average molecular weight is 303 g/mol. The van der Waals surface area contributed by atoms with E-state index in [4.69, 9.17) is 14.7 Å². The highest BCUT2D eigenvalue weighted by Gasteiger charge is 2.07. The minimum Gasteiger partial charge on any atom is -0.497 e. The van der Waals surface area contributed by atoms with Crippen LogP contribution in [0.4, 0.5) is 0 Å². The molecule has 0 N–H and O–H groups in total. The second kappa shape index (κ2) is 6.85.